The van der Waals surface area contributed by atoms with E-state index >= 15 is 0 Å². The van der Waals surface area contributed by atoms with Crippen molar-refractivity contribution in [1.82, 2.24) is 0 Å². The van der Waals surface area contributed by atoms with E-state index in [1.807, 2.05) is 0 Å². The van der Waals surface area contributed by atoms with Gasteiger partial charge in [0.25, 0.3) is 0 Å². The van der Waals surface area contributed by atoms with Crippen LogP contribution in [-0.2, 0) is 22.4 Å². The van der Waals surface area contributed by atoms with Crippen LogP contribution in [0.25, 0.3) is 0 Å². The van der Waals surface area contributed by atoms with Crippen molar-refractivity contribution in [2.75, 3.05) is 0 Å². The van der Waals surface area contributed by atoms with Gasteiger partial charge in [0.15, 0.2) is 0 Å². The molecule has 0 amide bonds. The van der Waals surface area contributed by atoms with Crippen molar-refractivity contribution >= 4 is 45.6 Å². The molecule has 0 aliphatic rings. The van der Waals surface area contributed by atoms with Crippen molar-refractivity contribution in [3.8, 4) is 0 Å². The summed E-state index contributed by atoms with van der Waals surface area (Å²) in [5, 5.41) is 0. The van der Waals surface area contributed by atoms with Crippen molar-refractivity contribution < 1.29 is 27.9 Å². The zero-order chi connectivity index (χ0) is 0. The van der Waals surface area contributed by atoms with E-state index in [0.29, 0.717) is 0 Å². The minimum absolute atomic E-state index is 0. The van der Waals surface area contributed by atoms with E-state index in [0.717, 1.165) is 0 Å². The van der Waals surface area contributed by atoms with Gasteiger partial charge in [-0.1, -0.05) is 0 Å². The smallest absolute Gasteiger partial charge is 0 e. The standard InChI is InChI=1S/Ga.In.H2O.Ta.6H/h;;1H2;;;;;;;. The zero-order valence-electron chi connectivity index (χ0n) is 0.947. The van der Waals surface area contributed by atoms with Crippen molar-refractivity contribution in [2.24, 2.45) is 0 Å². The van der Waals surface area contributed by atoms with Gasteiger partial charge in [-0.25, -0.2) is 0 Å². The van der Waals surface area contributed by atoms with E-state index in [1.54, 1.807) is 0 Å². The number of rotatable bonds is 0. The Morgan fingerprint density at radius 3 is 1.00 bits per heavy atom. The Morgan fingerprint density at radius 1 is 1.00 bits per heavy atom. The summed E-state index contributed by atoms with van der Waals surface area (Å²) in [5.74, 6) is 0. The Balaban J connectivity index is 0. The molecule has 1 nitrogen and oxygen atoms in total. The van der Waals surface area contributed by atoms with Crippen LogP contribution in [0.5, 0.6) is 0 Å². The molecule has 0 aromatic rings. The van der Waals surface area contributed by atoms with Gasteiger partial charge in [-0.15, -0.1) is 0 Å². The minimum Gasteiger partial charge on any atom is 0 e. The molecule has 4 heavy (non-hydrogen) atoms. The summed E-state index contributed by atoms with van der Waals surface area (Å²) in [6.07, 6.45) is 0. The fourth-order valence-corrected chi connectivity index (χ4v) is 0. The molecular weight excluding hydrogens is 381 g/mol. The molecule has 1 radical (unpaired) electrons. The normalized spacial score (nSPS) is 0. The van der Waals surface area contributed by atoms with Crippen LogP contribution in [0, 0.1) is 0 Å². The predicted molar refractivity (Wildman–Crippen MR) is 23.5 cm³/mol. The third kappa shape index (κ3) is 8.88. The molecule has 0 fully saturated rings. The van der Waals surface area contributed by atoms with Crippen LogP contribution in [0.15, 0.2) is 0 Å². The molecule has 4 heteroatoms. The first-order valence-electron chi connectivity index (χ1n) is 0. The number of hydrogen-bond donors (Lipinski definition) is 0. The van der Waals surface area contributed by atoms with E-state index < -0.39 is 0 Å². The molecule has 0 aliphatic heterocycles. The van der Waals surface area contributed by atoms with Crippen LogP contribution in [0.1, 0.15) is 0 Å². The summed E-state index contributed by atoms with van der Waals surface area (Å²) in [5.41, 5.74) is 0. The Kier molecular flexibility index (Phi) is 163. The summed E-state index contributed by atoms with van der Waals surface area (Å²) in [7, 11) is 0. The average molecular weight is 390 g/mol. The van der Waals surface area contributed by atoms with E-state index in [9.17, 15) is 0 Å². The van der Waals surface area contributed by atoms with E-state index in [4.69, 9.17) is 0 Å². The first-order chi connectivity index (χ1) is 0. The van der Waals surface area contributed by atoms with Crippen LogP contribution < -0.4 is 0 Å². The van der Waals surface area contributed by atoms with Crippen molar-refractivity contribution in [1.29, 1.82) is 0 Å². The summed E-state index contributed by atoms with van der Waals surface area (Å²) in [4.78, 5) is 0. The maximum Gasteiger partial charge on any atom is 0 e. The molecule has 25 valence electrons. The molecule has 0 aromatic heterocycles. The SMILES string of the molecule is O.[GaH3].[InH3].[Ta]. The largest absolute Gasteiger partial charge is 0 e. The van der Waals surface area contributed by atoms with E-state index in [2.05, 4.69) is 0 Å². The van der Waals surface area contributed by atoms with Crippen molar-refractivity contribution in [2.45, 2.75) is 0 Å². The third-order valence-corrected chi connectivity index (χ3v) is 0. The predicted octanol–water partition coefficient (Wildman–Crippen LogP) is -3.20. The zero-order valence-corrected chi connectivity index (χ0v) is 4.16. The van der Waals surface area contributed by atoms with Gasteiger partial charge in [0.2, 0.25) is 0 Å². The molecule has 0 saturated carbocycles. The van der Waals surface area contributed by atoms with Crippen LogP contribution in [0.2, 0.25) is 0 Å². The molecule has 0 bridgehead atoms. The second-order valence-electron chi connectivity index (χ2n) is 0. The van der Waals surface area contributed by atoms with Crippen molar-refractivity contribution in [3.05, 3.63) is 0 Å². The average Bonchev–Trinajstić information content (AvgIpc) is 0. The van der Waals surface area contributed by atoms with Crippen LogP contribution in [0.4, 0.5) is 0 Å². The first-order valence-corrected chi connectivity index (χ1v) is 0. The van der Waals surface area contributed by atoms with E-state index in [-0.39, 0.29) is 73.5 Å². The monoisotopic (exact) mass is 389 g/mol. The molecule has 0 unspecified atom stereocenters. The second kappa shape index (κ2) is 18.9. The maximum absolute atomic E-state index is 0. The molecule has 0 rings (SSSR count). The Labute approximate surface area is 72.6 Å². The van der Waals surface area contributed by atoms with Gasteiger partial charge in [0, 0.05) is 22.4 Å². The minimum atomic E-state index is 0. The van der Waals surface area contributed by atoms with Gasteiger partial charge in [0.05, 0.1) is 0 Å². The topological polar surface area (TPSA) is 31.5 Å². The van der Waals surface area contributed by atoms with Crippen LogP contribution in [-0.4, -0.2) is 51.1 Å². The molecule has 2 N–H and O–H groups in total. The van der Waals surface area contributed by atoms with Gasteiger partial charge in [-0.2, -0.15) is 0 Å². The Bertz CT molecular complexity index is 8.00. The Hall–Kier alpha value is 2.21. The molecule has 0 spiro atoms. The molecule has 0 heterocycles. The van der Waals surface area contributed by atoms with Crippen LogP contribution in [0.3, 0.4) is 0 Å². The van der Waals surface area contributed by atoms with Crippen molar-refractivity contribution in [3.63, 3.8) is 0 Å². The van der Waals surface area contributed by atoms with Gasteiger partial charge in [-0.3, -0.25) is 0 Å². The van der Waals surface area contributed by atoms with Crippen LogP contribution >= 0.6 is 0 Å². The Morgan fingerprint density at radius 2 is 1.00 bits per heavy atom. The third-order valence-electron chi connectivity index (χ3n) is 0. The molecule has 0 saturated heterocycles. The van der Waals surface area contributed by atoms with Gasteiger partial charge >= 0.3 is 45.6 Å². The number of hydrogen-bond acceptors (Lipinski definition) is 0. The second-order valence-corrected chi connectivity index (χ2v) is 0. The van der Waals surface area contributed by atoms with Gasteiger partial charge in [-0.05, 0) is 0 Å². The van der Waals surface area contributed by atoms with Gasteiger partial charge < -0.3 is 5.48 Å². The fraction of sp³-hybridized carbons (Fsp3) is 0. The summed E-state index contributed by atoms with van der Waals surface area (Å²) in [6.45, 7) is 0. The van der Waals surface area contributed by atoms with Gasteiger partial charge in [0.1, 0.15) is 0 Å². The summed E-state index contributed by atoms with van der Waals surface area (Å²) < 4.78 is 0. The maximum atomic E-state index is 0. The first kappa shape index (κ1) is 34.6. The molecular formula is H8GaInOTa. The fourth-order valence-electron chi connectivity index (χ4n) is 0. The molecule has 0 aliphatic carbocycles. The molecule has 0 atom stereocenters. The van der Waals surface area contributed by atoms with E-state index in [1.165, 1.54) is 0 Å². The molecule has 0 aromatic carbocycles. The summed E-state index contributed by atoms with van der Waals surface area (Å²) >= 11 is 0. The summed E-state index contributed by atoms with van der Waals surface area (Å²) in [6, 6.07) is 0. The quantitative estimate of drug-likeness (QED) is 0.391.